The van der Waals surface area contributed by atoms with Crippen LogP contribution in [0.2, 0.25) is 0 Å². The summed E-state index contributed by atoms with van der Waals surface area (Å²) in [4.78, 5) is 54.5. The maximum atomic E-state index is 13.6. The van der Waals surface area contributed by atoms with Crippen molar-refractivity contribution in [3.05, 3.63) is 97.2 Å². The lowest BCUT2D eigenvalue weighted by Gasteiger charge is -2.29. The molecule has 0 aromatic heterocycles. The first-order valence-electron chi connectivity index (χ1n) is 33.9. The van der Waals surface area contributed by atoms with Crippen LogP contribution in [0.1, 0.15) is 336 Å². The Labute approximate surface area is 499 Å². The number of unbranched alkanes of at least 4 members (excludes halogenated alkanes) is 32. The topological polar surface area (TPSA) is 105 Å². The summed E-state index contributed by atoms with van der Waals surface area (Å²) in [5.74, 6) is -3.00. The zero-order chi connectivity index (χ0) is 58.9. The summed E-state index contributed by atoms with van der Waals surface area (Å²) in [6, 6.07) is 0. The second kappa shape index (κ2) is 63.4. The molecule has 0 saturated carbocycles. The molecule has 8 nitrogen and oxygen atoms in total. The second-order valence-corrected chi connectivity index (χ2v) is 22.3. The van der Waals surface area contributed by atoms with Gasteiger partial charge in [0.15, 0.2) is 0 Å². The molecule has 0 aliphatic carbocycles. The number of carbonyl (C=O) groups is 4. The molecule has 0 spiro atoms. The van der Waals surface area contributed by atoms with E-state index in [-0.39, 0.29) is 25.7 Å². The van der Waals surface area contributed by atoms with E-state index >= 15 is 0 Å². The van der Waals surface area contributed by atoms with Crippen molar-refractivity contribution in [2.75, 3.05) is 0 Å². The highest BCUT2D eigenvalue weighted by Gasteiger charge is 2.49. The number of esters is 4. The van der Waals surface area contributed by atoms with Crippen LogP contribution >= 0.6 is 0 Å². The van der Waals surface area contributed by atoms with Gasteiger partial charge in [0.1, 0.15) is 0 Å². The monoisotopic (exact) mass is 1130 g/mol. The number of hydrogen-bond acceptors (Lipinski definition) is 8. The minimum atomic E-state index is -2.91. The molecule has 0 aromatic carbocycles. The van der Waals surface area contributed by atoms with Crippen LogP contribution in [0, 0.1) is 0 Å². The molecule has 0 radical (unpaired) electrons. The van der Waals surface area contributed by atoms with Crippen molar-refractivity contribution in [3.63, 3.8) is 0 Å². The minimum absolute atomic E-state index is 0.000294. The minimum Gasteiger partial charge on any atom is -0.352 e. The molecular weight excluding hydrogens is 1000 g/mol. The number of allylic oxidation sites excluding steroid dienone is 16. The Morgan fingerprint density at radius 3 is 0.568 bits per heavy atom. The molecular formula is C73H124O8. The van der Waals surface area contributed by atoms with Crippen LogP contribution < -0.4 is 0 Å². The fourth-order valence-corrected chi connectivity index (χ4v) is 9.21. The smallest absolute Gasteiger partial charge is 0.352 e. The first-order valence-corrected chi connectivity index (χ1v) is 33.9. The quantitative estimate of drug-likeness (QED) is 0.0257. The third kappa shape index (κ3) is 58.8. The van der Waals surface area contributed by atoms with E-state index in [1.165, 1.54) is 77.0 Å². The number of rotatable bonds is 60. The van der Waals surface area contributed by atoms with E-state index in [2.05, 4.69) is 125 Å². The Kier molecular flexibility index (Phi) is 60.1. The lowest BCUT2D eigenvalue weighted by molar-refractivity contribution is -0.432. The first kappa shape index (κ1) is 76.8. The van der Waals surface area contributed by atoms with E-state index in [1.54, 1.807) is 0 Å². The highest BCUT2D eigenvalue weighted by molar-refractivity contribution is 5.75. The molecule has 0 bridgehead atoms. The van der Waals surface area contributed by atoms with E-state index in [0.717, 1.165) is 180 Å². The van der Waals surface area contributed by atoms with E-state index in [9.17, 15) is 19.2 Å². The molecule has 0 N–H and O–H groups in total. The standard InChI is InChI=1S/C73H124O8/c1-5-9-13-17-21-25-29-33-37-41-45-49-53-57-61-65-69(74)78-73(79-70(75)66-62-58-54-50-46-42-38-34-30-26-22-18-14-10-6-2,80-71(76)67-63-59-55-51-47-43-39-35-31-27-23-19-15-11-7-3)81-72(77)68-64-60-56-52-48-44-40-36-32-28-24-20-16-12-8-4/h21-28,33-40H,5-20,29-32,41-68H2,1-4H3/b25-21-,26-22-,27-23-,28-24-,37-33-,38-34-,39-35-,40-36-. The molecule has 464 valence electrons. The van der Waals surface area contributed by atoms with Crippen LogP contribution in [0.25, 0.3) is 0 Å². The Balaban J connectivity index is 5.65. The molecule has 0 atom stereocenters. The van der Waals surface area contributed by atoms with E-state index in [0.29, 0.717) is 25.7 Å². The van der Waals surface area contributed by atoms with Gasteiger partial charge >= 0.3 is 30.0 Å². The third-order valence-corrected chi connectivity index (χ3v) is 14.3. The van der Waals surface area contributed by atoms with Gasteiger partial charge in [-0.05, 0) is 154 Å². The van der Waals surface area contributed by atoms with Crippen LogP contribution in [0.5, 0.6) is 0 Å². The fraction of sp³-hybridized carbons (Fsp3) is 0.726. The molecule has 0 aliphatic rings. The maximum Gasteiger partial charge on any atom is 0.619 e. The average Bonchev–Trinajstić information content (AvgIpc) is 3.45. The van der Waals surface area contributed by atoms with Crippen LogP contribution in [-0.4, -0.2) is 30.0 Å². The van der Waals surface area contributed by atoms with Crippen molar-refractivity contribution >= 4 is 23.9 Å². The molecule has 81 heavy (non-hydrogen) atoms. The lowest BCUT2D eigenvalue weighted by Crippen LogP contribution is -2.48. The van der Waals surface area contributed by atoms with E-state index < -0.39 is 30.0 Å². The van der Waals surface area contributed by atoms with Crippen LogP contribution in [0.15, 0.2) is 97.2 Å². The Bertz CT molecular complexity index is 1430. The zero-order valence-electron chi connectivity index (χ0n) is 52.9. The molecule has 0 saturated heterocycles. The number of hydrogen-bond donors (Lipinski definition) is 0. The summed E-state index contributed by atoms with van der Waals surface area (Å²) < 4.78 is 23.0. The summed E-state index contributed by atoms with van der Waals surface area (Å²) in [6.45, 7) is 8.92. The van der Waals surface area contributed by atoms with Gasteiger partial charge in [0.25, 0.3) is 0 Å². The Morgan fingerprint density at radius 2 is 0.383 bits per heavy atom. The predicted molar refractivity (Wildman–Crippen MR) is 345 cm³/mol. The van der Waals surface area contributed by atoms with Crippen molar-refractivity contribution in [2.45, 2.75) is 342 Å². The van der Waals surface area contributed by atoms with Crippen molar-refractivity contribution in [1.82, 2.24) is 0 Å². The van der Waals surface area contributed by atoms with Gasteiger partial charge in [0, 0.05) is 25.7 Å². The molecule has 0 unspecified atom stereocenters. The normalized spacial score (nSPS) is 12.4. The fourth-order valence-electron chi connectivity index (χ4n) is 9.21. The first-order chi connectivity index (χ1) is 39.8. The van der Waals surface area contributed by atoms with Crippen molar-refractivity contribution in [1.29, 1.82) is 0 Å². The van der Waals surface area contributed by atoms with Crippen molar-refractivity contribution in [2.24, 2.45) is 0 Å². The Hall–Kier alpha value is -4.20. The predicted octanol–water partition coefficient (Wildman–Crippen LogP) is 23.0. The summed E-state index contributed by atoms with van der Waals surface area (Å²) in [7, 11) is 0. The average molecular weight is 1130 g/mol. The molecule has 0 aromatic rings. The van der Waals surface area contributed by atoms with Gasteiger partial charge in [-0.15, -0.1) is 0 Å². The van der Waals surface area contributed by atoms with Crippen LogP contribution in [0.3, 0.4) is 0 Å². The van der Waals surface area contributed by atoms with Gasteiger partial charge < -0.3 is 18.9 Å². The maximum absolute atomic E-state index is 13.6. The van der Waals surface area contributed by atoms with Crippen molar-refractivity contribution < 1.29 is 38.1 Å². The third-order valence-electron chi connectivity index (χ3n) is 14.3. The summed E-state index contributed by atoms with van der Waals surface area (Å²) >= 11 is 0. The summed E-state index contributed by atoms with van der Waals surface area (Å²) in [6.07, 6.45) is 78.5. The van der Waals surface area contributed by atoms with Crippen molar-refractivity contribution in [3.8, 4) is 0 Å². The molecule has 8 heteroatoms. The molecule has 0 heterocycles. The van der Waals surface area contributed by atoms with Gasteiger partial charge in [-0.25, -0.2) is 0 Å². The largest absolute Gasteiger partial charge is 0.619 e. The van der Waals surface area contributed by atoms with Gasteiger partial charge in [0.2, 0.25) is 0 Å². The summed E-state index contributed by atoms with van der Waals surface area (Å²) in [5.41, 5.74) is 0. The highest BCUT2D eigenvalue weighted by atomic mass is 17.0. The molecule has 0 fully saturated rings. The lowest BCUT2D eigenvalue weighted by atomic mass is 10.1. The zero-order valence-corrected chi connectivity index (χ0v) is 52.9. The SMILES string of the molecule is CCCCC/C=C\C/C=C\CCCCCCCC(=O)OC(OC(=O)CCCCCCC/C=C\C/C=C\CCCCC)(OC(=O)CCCCCCC/C=C\C/C=C\CCCCC)OC(=O)CCCCCCC/C=C\C/C=C\CCCCC. The van der Waals surface area contributed by atoms with Crippen LogP contribution in [-0.2, 0) is 38.1 Å². The molecule has 0 amide bonds. The second-order valence-electron chi connectivity index (χ2n) is 22.3. The van der Waals surface area contributed by atoms with Crippen LogP contribution in [0.4, 0.5) is 0 Å². The summed E-state index contributed by atoms with van der Waals surface area (Å²) in [5, 5.41) is 0. The van der Waals surface area contributed by atoms with E-state index in [1.807, 2.05) is 0 Å². The van der Waals surface area contributed by atoms with E-state index in [4.69, 9.17) is 18.9 Å². The molecule has 0 aliphatic heterocycles. The highest BCUT2D eigenvalue weighted by Crippen LogP contribution is 2.25. The Morgan fingerprint density at radius 1 is 0.222 bits per heavy atom. The van der Waals surface area contributed by atoms with Gasteiger partial charge in [0.05, 0.1) is 0 Å². The molecule has 0 rings (SSSR count). The number of carbonyl (C=O) groups excluding carboxylic acids is 4. The van der Waals surface area contributed by atoms with Gasteiger partial charge in [-0.2, -0.15) is 0 Å². The van der Waals surface area contributed by atoms with Gasteiger partial charge in [-0.3, -0.25) is 19.2 Å². The van der Waals surface area contributed by atoms with Gasteiger partial charge in [-0.1, -0.05) is 253 Å². The number of ether oxygens (including phenoxy) is 4.